The van der Waals surface area contributed by atoms with Gasteiger partial charge < -0.3 is 4.90 Å². The van der Waals surface area contributed by atoms with Crippen LogP contribution in [-0.2, 0) is 0 Å². The van der Waals surface area contributed by atoms with Gasteiger partial charge in [0, 0.05) is 19.8 Å². The molecule has 0 aromatic heterocycles. The highest BCUT2D eigenvalue weighted by Crippen LogP contribution is 1.65. The van der Waals surface area contributed by atoms with Crippen LogP contribution in [0.2, 0.25) is 0 Å². The van der Waals surface area contributed by atoms with Gasteiger partial charge in [0.25, 0.3) is 0 Å². The van der Waals surface area contributed by atoms with Crippen molar-refractivity contribution < 1.29 is 0 Å². The zero-order chi connectivity index (χ0) is 5.70. The Balaban J connectivity index is 2.97. The third kappa shape index (κ3) is 5.63. The standard InChI is InChI=1S/C5H12N2/c1-6-4-5-7(2)3/h4H,5H2,1-3H3/b6-4-. The Morgan fingerprint density at radius 1 is 1.57 bits per heavy atom. The fourth-order valence-electron chi connectivity index (χ4n) is 0.245. The molecule has 0 heterocycles. The normalized spacial score (nSPS) is 11.4. The van der Waals surface area contributed by atoms with Crippen LogP contribution >= 0.6 is 0 Å². The second-order valence-corrected chi connectivity index (χ2v) is 1.70. The summed E-state index contributed by atoms with van der Waals surface area (Å²) >= 11 is 0. The van der Waals surface area contributed by atoms with E-state index in [0.29, 0.717) is 0 Å². The summed E-state index contributed by atoms with van der Waals surface area (Å²) in [5, 5.41) is 0. The Morgan fingerprint density at radius 2 is 2.14 bits per heavy atom. The smallest absolute Gasteiger partial charge is 0.0326 e. The van der Waals surface area contributed by atoms with E-state index in [-0.39, 0.29) is 0 Å². The maximum atomic E-state index is 3.81. The predicted octanol–water partition coefficient (Wildman–Crippen LogP) is 0.249. The Hall–Kier alpha value is -0.370. The zero-order valence-corrected chi connectivity index (χ0v) is 5.18. The molecule has 0 aliphatic rings. The lowest BCUT2D eigenvalue weighted by molar-refractivity contribution is 0.473. The Labute approximate surface area is 44.9 Å². The largest absolute Gasteiger partial charge is 0.304 e. The molecule has 0 aromatic rings. The summed E-state index contributed by atoms with van der Waals surface area (Å²) in [6.07, 6.45) is 1.88. The van der Waals surface area contributed by atoms with Crippen LogP contribution in [0.5, 0.6) is 0 Å². The SMILES string of the molecule is C/N=C\CN(C)C. The second-order valence-electron chi connectivity index (χ2n) is 1.70. The van der Waals surface area contributed by atoms with Gasteiger partial charge in [0.1, 0.15) is 0 Å². The maximum Gasteiger partial charge on any atom is 0.0326 e. The van der Waals surface area contributed by atoms with Gasteiger partial charge in [-0.25, -0.2) is 0 Å². The molecule has 42 valence electrons. The van der Waals surface area contributed by atoms with Crippen LogP contribution in [0.4, 0.5) is 0 Å². The summed E-state index contributed by atoms with van der Waals surface area (Å²) in [7, 11) is 5.81. The number of hydrogen-bond donors (Lipinski definition) is 0. The number of aliphatic imine (C=N–C) groups is 1. The molecule has 0 rings (SSSR count). The van der Waals surface area contributed by atoms with Crippen LogP contribution in [0, 0.1) is 0 Å². The highest BCUT2D eigenvalue weighted by molar-refractivity contribution is 5.59. The van der Waals surface area contributed by atoms with Crippen molar-refractivity contribution in [3.05, 3.63) is 0 Å². The van der Waals surface area contributed by atoms with E-state index in [9.17, 15) is 0 Å². The van der Waals surface area contributed by atoms with Crippen molar-refractivity contribution in [1.82, 2.24) is 4.90 Å². The molecule has 0 amide bonds. The van der Waals surface area contributed by atoms with Gasteiger partial charge in [0.15, 0.2) is 0 Å². The monoisotopic (exact) mass is 100 g/mol. The summed E-state index contributed by atoms with van der Waals surface area (Å²) in [6, 6.07) is 0. The lowest BCUT2D eigenvalue weighted by atomic mass is 10.6. The van der Waals surface area contributed by atoms with Crippen LogP contribution < -0.4 is 0 Å². The van der Waals surface area contributed by atoms with Crippen LogP contribution in [0.3, 0.4) is 0 Å². The summed E-state index contributed by atoms with van der Waals surface area (Å²) in [6.45, 7) is 0.941. The molecule has 0 fully saturated rings. The summed E-state index contributed by atoms with van der Waals surface area (Å²) < 4.78 is 0. The molecule has 2 nitrogen and oxygen atoms in total. The number of nitrogens with zero attached hydrogens (tertiary/aromatic N) is 2. The van der Waals surface area contributed by atoms with Gasteiger partial charge in [-0.1, -0.05) is 0 Å². The van der Waals surface area contributed by atoms with E-state index in [1.165, 1.54) is 0 Å². The van der Waals surface area contributed by atoms with E-state index in [4.69, 9.17) is 0 Å². The van der Waals surface area contributed by atoms with E-state index in [1.54, 1.807) is 7.05 Å². The first-order valence-electron chi connectivity index (χ1n) is 2.32. The van der Waals surface area contributed by atoms with Crippen molar-refractivity contribution in [2.75, 3.05) is 27.7 Å². The third-order valence-corrected chi connectivity index (χ3v) is 0.629. The zero-order valence-electron chi connectivity index (χ0n) is 5.18. The van der Waals surface area contributed by atoms with E-state index >= 15 is 0 Å². The molecule has 0 atom stereocenters. The average molecular weight is 100 g/mol. The number of rotatable bonds is 2. The van der Waals surface area contributed by atoms with E-state index in [2.05, 4.69) is 9.89 Å². The minimum absolute atomic E-state index is 0.941. The third-order valence-electron chi connectivity index (χ3n) is 0.629. The van der Waals surface area contributed by atoms with E-state index in [0.717, 1.165) is 6.54 Å². The molecule has 2 heteroatoms. The Bertz CT molecular complexity index is 57.1. The molecule has 0 unspecified atom stereocenters. The Morgan fingerprint density at radius 3 is 2.29 bits per heavy atom. The van der Waals surface area contributed by atoms with Gasteiger partial charge in [-0.05, 0) is 14.1 Å². The highest BCUT2D eigenvalue weighted by atomic mass is 15.1. The molecular formula is C5H12N2. The lowest BCUT2D eigenvalue weighted by Gasteiger charge is -2.01. The minimum atomic E-state index is 0.941. The van der Waals surface area contributed by atoms with Gasteiger partial charge in [-0.2, -0.15) is 0 Å². The predicted molar refractivity (Wildman–Crippen MR) is 33.0 cm³/mol. The van der Waals surface area contributed by atoms with Crippen LogP contribution in [0.25, 0.3) is 0 Å². The van der Waals surface area contributed by atoms with Gasteiger partial charge in [0.2, 0.25) is 0 Å². The molecule has 0 N–H and O–H groups in total. The van der Waals surface area contributed by atoms with Crippen molar-refractivity contribution in [1.29, 1.82) is 0 Å². The van der Waals surface area contributed by atoms with Gasteiger partial charge >= 0.3 is 0 Å². The first kappa shape index (κ1) is 6.63. The van der Waals surface area contributed by atoms with Crippen LogP contribution in [0.15, 0.2) is 4.99 Å². The molecule has 0 aliphatic heterocycles. The summed E-state index contributed by atoms with van der Waals surface area (Å²) in [4.78, 5) is 5.87. The summed E-state index contributed by atoms with van der Waals surface area (Å²) in [5.74, 6) is 0. The molecule has 0 saturated carbocycles. The van der Waals surface area contributed by atoms with Crippen molar-refractivity contribution in [2.24, 2.45) is 4.99 Å². The van der Waals surface area contributed by atoms with Gasteiger partial charge in [0.05, 0.1) is 0 Å². The van der Waals surface area contributed by atoms with Crippen molar-refractivity contribution >= 4 is 6.21 Å². The van der Waals surface area contributed by atoms with Crippen molar-refractivity contribution in [3.8, 4) is 0 Å². The topological polar surface area (TPSA) is 15.6 Å². The molecule has 0 spiro atoms. The minimum Gasteiger partial charge on any atom is -0.304 e. The van der Waals surface area contributed by atoms with Crippen molar-refractivity contribution in [2.45, 2.75) is 0 Å². The molecule has 7 heavy (non-hydrogen) atoms. The van der Waals surface area contributed by atoms with Crippen LogP contribution in [0.1, 0.15) is 0 Å². The van der Waals surface area contributed by atoms with Gasteiger partial charge in [-0.15, -0.1) is 0 Å². The lowest BCUT2D eigenvalue weighted by Crippen LogP contribution is -2.13. The number of hydrogen-bond acceptors (Lipinski definition) is 2. The molecule has 0 aromatic carbocycles. The van der Waals surface area contributed by atoms with Crippen LogP contribution in [-0.4, -0.2) is 38.8 Å². The quantitative estimate of drug-likeness (QED) is 0.454. The first-order chi connectivity index (χ1) is 3.27. The Kier molecular flexibility index (Phi) is 3.61. The fraction of sp³-hybridized carbons (Fsp3) is 0.800. The second kappa shape index (κ2) is 3.81. The summed E-state index contributed by atoms with van der Waals surface area (Å²) in [5.41, 5.74) is 0. The van der Waals surface area contributed by atoms with Crippen molar-refractivity contribution in [3.63, 3.8) is 0 Å². The fourth-order valence-corrected chi connectivity index (χ4v) is 0.245. The molecule has 0 aliphatic carbocycles. The molecule has 0 bridgehead atoms. The van der Waals surface area contributed by atoms with E-state index < -0.39 is 0 Å². The van der Waals surface area contributed by atoms with Gasteiger partial charge in [-0.3, -0.25) is 4.99 Å². The van der Waals surface area contributed by atoms with E-state index in [1.807, 2.05) is 20.3 Å². The molecule has 0 radical (unpaired) electrons. The highest BCUT2D eigenvalue weighted by Gasteiger charge is 1.78. The molecular weight excluding hydrogens is 88.1 g/mol. The molecule has 0 saturated heterocycles. The average Bonchev–Trinajstić information content (AvgIpc) is 1.61. The first-order valence-corrected chi connectivity index (χ1v) is 2.32. The maximum absolute atomic E-state index is 3.81.